The summed E-state index contributed by atoms with van der Waals surface area (Å²) in [6, 6.07) is 14.2. The summed E-state index contributed by atoms with van der Waals surface area (Å²) >= 11 is 1.64. The summed E-state index contributed by atoms with van der Waals surface area (Å²) in [6.45, 7) is 11.4. The van der Waals surface area contributed by atoms with Gasteiger partial charge in [-0.15, -0.1) is 11.3 Å². The lowest BCUT2D eigenvalue weighted by molar-refractivity contribution is 0.0997. The number of benzene rings is 2. The highest BCUT2D eigenvalue weighted by Crippen LogP contribution is 2.29. The first-order chi connectivity index (χ1) is 13.4. The number of aromatic nitrogens is 1. The number of nitrogens with zero attached hydrogens (tertiary/aromatic N) is 2. The van der Waals surface area contributed by atoms with Gasteiger partial charge in [-0.1, -0.05) is 43.2 Å². The molecule has 0 saturated heterocycles. The van der Waals surface area contributed by atoms with Gasteiger partial charge in [0.15, 0.2) is 4.80 Å². The van der Waals surface area contributed by atoms with Crippen molar-refractivity contribution in [3.8, 4) is 11.3 Å². The van der Waals surface area contributed by atoms with Gasteiger partial charge in [-0.25, -0.2) is 0 Å². The second-order valence-corrected chi connectivity index (χ2v) is 8.30. The summed E-state index contributed by atoms with van der Waals surface area (Å²) < 4.78 is 2.19. The molecule has 0 saturated carbocycles. The fraction of sp³-hybridized carbons (Fsp3) is 0.333. The summed E-state index contributed by atoms with van der Waals surface area (Å²) in [5.74, 6) is -0.179. The van der Waals surface area contributed by atoms with Crippen molar-refractivity contribution in [3.63, 3.8) is 0 Å². The largest absolute Gasteiger partial charge is 0.316 e. The second kappa shape index (κ2) is 8.70. The van der Waals surface area contributed by atoms with E-state index in [9.17, 15) is 4.79 Å². The molecule has 0 atom stereocenters. The molecule has 0 N–H and O–H groups in total. The lowest BCUT2D eigenvalue weighted by Crippen LogP contribution is -2.17. The molecule has 0 radical (unpaired) electrons. The molecule has 0 bridgehead atoms. The molecule has 28 heavy (non-hydrogen) atoms. The van der Waals surface area contributed by atoms with Crippen LogP contribution in [-0.2, 0) is 13.0 Å². The van der Waals surface area contributed by atoms with Crippen molar-refractivity contribution in [2.45, 2.75) is 54.0 Å². The topological polar surface area (TPSA) is 34.4 Å². The minimum absolute atomic E-state index is 0.179. The predicted octanol–water partition coefficient (Wildman–Crippen LogP) is 5.86. The number of thiazole rings is 1. The van der Waals surface area contributed by atoms with Gasteiger partial charge in [0.25, 0.3) is 5.91 Å². The molecular weight excluding hydrogens is 364 g/mol. The quantitative estimate of drug-likeness (QED) is 0.536. The molecule has 2 aromatic carbocycles. The number of aryl methyl sites for hydroxylation is 4. The van der Waals surface area contributed by atoms with Gasteiger partial charge in [0.1, 0.15) is 0 Å². The lowest BCUT2D eigenvalue weighted by atomic mass is 10.0. The summed E-state index contributed by atoms with van der Waals surface area (Å²) in [5.41, 5.74) is 6.68. The van der Waals surface area contributed by atoms with E-state index in [1.807, 2.05) is 31.2 Å². The molecule has 0 fully saturated rings. The lowest BCUT2D eigenvalue weighted by Gasteiger charge is -2.11. The van der Waals surface area contributed by atoms with Crippen molar-refractivity contribution in [1.29, 1.82) is 0 Å². The van der Waals surface area contributed by atoms with Gasteiger partial charge in [-0.05, 0) is 69.0 Å². The van der Waals surface area contributed by atoms with Crippen molar-refractivity contribution in [2.75, 3.05) is 0 Å². The minimum atomic E-state index is -0.179. The van der Waals surface area contributed by atoms with Gasteiger partial charge < -0.3 is 4.57 Å². The number of hydrogen-bond donors (Lipinski definition) is 0. The molecule has 3 nitrogen and oxygen atoms in total. The van der Waals surface area contributed by atoms with E-state index in [-0.39, 0.29) is 5.91 Å². The summed E-state index contributed by atoms with van der Waals surface area (Å²) in [6.07, 6.45) is 2.05. The number of carbonyl (C=O) groups is 1. The Labute approximate surface area is 171 Å². The number of carbonyl (C=O) groups excluding carboxylic acids is 1. The average Bonchev–Trinajstić information content (AvgIpc) is 3.01. The molecule has 0 aliphatic heterocycles. The van der Waals surface area contributed by atoms with E-state index < -0.39 is 0 Å². The first kappa shape index (κ1) is 20.3. The van der Waals surface area contributed by atoms with Crippen molar-refractivity contribution in [1.82, 2.24) is 4.57 Å². The maximum atomic E-state index is 12.8. The van der Waals surface area contributed by atoms with Gasteiger partial charge in [-0.3, -0.25) is 4.79 Å². The van der Waals surface area contributed by atoms with Crippen LogP contribution in [0.3, 0.4) is 0 Å². The summed E-state index contributed by atoms with van der Waals surface area (Å²) in [5, 5.41) is 0. The fourth-order valence-corrected chi connectivity index (χ4v) is 4.68. The first-order valence-corrected chi connectivity index (χ1v) is 10.7. The third kappa shape index (κ3) is 4.17. The Kier molecular flexibility index (Phi) is 6.30. The maximum Gasteiger partial charge on any atom is 0.279 e. The van der Waals surface area contributed by atoms with Crippen molar-refractivity contribution >= 4 is 17.2 Å². The van der Waals surface area contributed by atoms with Crippen LogP contribution < -0.4 is 4.80 Å². The van der Waals surface area contributed by atoms with Crippen LogP contribution >= 0.6 is 11.3 Å². The molecule has 4 heteroatoms. The second-order valence-electron chi connectivity index (χ2n) is 7.24. The predicted molar refractivity (Wildman–Crippen MR) is 118 cm³/mol. The molecule has 0 aliphatic carbocycles. The molecule has 1 aromatic heterocycles. The SMILES string of the molecule is CCCc1sc(=NC(=O)c2cccc(C)c2)n(CC)c1-c1ccc(C)c(C)c1. The van der Waals surface area contributed by atoms with Crippen LogP contribution in [0, 0.1) is 20.8 Å². The van der Waals surface area contributed by atoms with Crippen LogP contribution in [-0.4, -0.2) is 10.5 Å². The third-order valence-electron chi connectivity index (χ3n) is 5.02. The number of hydrogen-bond acceptors (Lipinski definition) is 2. The van der Waals surface area contributed by atoms with E-state index in [4.69, 9.17) is 0 Å². The van der Waals surface area contributed by atoms with Gasteiger partial charge in [0, 0.05) is 17.0 Å². The van der Waals surface area contributed by atoms with E-state index >= 15 is 0 Å². The van der Waals surface area contributed by atoms with Crippen molar-refractivity contribution in [2.24, 2.45) is 4.99 Å². The highest BCUT2D eigenvalue weighted by Gasteiger charge is 2.16. The van der Waals surface area contributed by atoms with Crippen LogP contribution in [0.25, 0.3) is 11.3 Å². The third-order valence-corrected chi connectivity index (χ3v) is 6.15. The molecule has 0 spiro atoms. The van der Waals surface area contributed by atoms with E-state index in [0.717, 1.165) is 29.8 Å². The normalized spacial score (nSPS) is 11.8. The van der Waals surface area contributed by atoms with Crippen LogP contribution in [0.1, 0.15) is 52.2 Å². The van der Waals surface area contributed by atoms with Gasteiger partial charge >= 0.3 is 0 Å². The van der Waals surface area contributed by atoms with Gasteiger partial charge in [0.05, 0.1) is 5.69 Å². The van der Waals surface area contributed by atoms with Gasteiger partial charge in [0.2, 0.25) is 0 Å². The average molecular weight is 393 g/mol. The highest BCUT2D eigenvalue weighted by atomic mass is 32.1. The Morgan fingerprint density at radius 1 is 1.04 bits per heavy atom. The fourth-order valence-electron chi connectivity index (χ4n) is 3.37. The molecule has 146 valence electrons. The van der Waals surface area contributed by atoms with Gasteiger partial charge in [-0.2, -0.15) is 4.99 Å². The van der Waals surface area contributed by atoms with Crippen molar-refractivity contribution in [3.05, 3.63) is 74.4 Å². The Hall–Kier alpha value is -2.46. The Morgan fingerprint density at radius 3 is 2.46 bits per heavy atom. The molecule has 0 aliphatic rings. The first-order valence-electron chi connectivity index (χ1n) is 9.90. The van der Waals surface area contributed by atoms with Crippen LogP contribution in [0.15, 0.2) is 47.5 Å². The molecule has 1 amide bonds. The Bertz CT molecular complexity index is 1070. The zero-order valence-corrected chi connectivity index (χ0v) is 18.2. The Balaban J connectivity index is 2.17. The number of amides is 1. The van der Waals surface area contributed by atoms with E-state index in [0.29, 0.717) is 5.56 Å². The molecule has 0 unspecified atom stereocenters. The van der Waals surface area contributed by atoms with Crippen LogP contribution in [0.2, 0.25) is 0 Å². The standard InChI is InChI=1S/C24H28N2OS/c1-6-9-21-22(19-13-12-17(4)18(5)15-19)26(7-2)24(28-21)25-23(27)20-11-8-10-16(3)14-20/h8,10-15H,6-7,9H2,1-5H3. The maximum absolute atomic E-state index is 12.8. The van der Waals surface area contributed by atoms with E-state index in [2.05, 4.69) is 55.5 Å². The zero-order valence-electron chi connectivity index (χ0n) is 17.4. The molecular formula is C24H28N2OS. The summed E-state index contributed by atoms with van der Waals surface area (Å²) in [4.78, 5) is 19.4. The Morgan fingerprint density at radius 2 is 1.82 bits per heavy atom. The van der Waals surface area contributed by atoms with Crippen LogP contribution in [0.4, 0.5) is 0 Å². The zero-order chi connectivity index (χ0) is 20.3. The van der Waals surface area contributed by atoms with Crippen molar-refractivity contribution < 1.29 is 4.79 Å². The summed E-state index contributed by atoms with van der Waals surface area (Å²) in [7, 11) is 0. The molecule has 3 aromatic rings. The minimum Gasteiger partial charge on any atom is -0.316 e. The monoisotopic (exact) mass is 392 g/mol. The molecule has 1 heterocycles. The smallest absolute Gasteiger partial charge is 0.279 e. The molecule has 3 rings (SSSR count). The van der Waals surface area contributed by atoms with Crippen LogP contribution in [0.5, 0.6) is 0 Å². The highest BCUT2D eigenvalue weighted by molar-refractivity contribution is 7.09. The number of rotatable bonds is 5. The van der Waals surface area contributed by atoms with E-state index in [1.54, 1.807) is 11.3 Å². The van der Waals surface area contributed by atoms with E-state index in [1.165, 1.54) is 27.3 Å².